The van der Waals surface area contributed by atoms with Crippen LogP contribution >= 0.6 is 0 Å². The third kappa shape index (κ3) is 14.7. The predicted molar refractivity (Wildman–Crippen MR) is 140 cm³/mol. The molecule has 6 heteroatoms. The Morgan fingerprint density at radius 2 is 1.44 bits per heavy atom. The van der Waals surface area contributed by atoms with E-state index < -0.39 is 18.9 Å². The van der Waals surface area contributed by atoms with E-state index in [0.29, 0.717) is 13.6 Å². The normalized spacial score (nSPS) is 10.5. The Morgan fingerprint density at radius 3 is 2.00 bits per heavy atom. The summed E-state index contributed by atoms with van der Waals surface area (Å²) in [6.07, 6.45) is 1.13. The molecule has 0 saturated heterocycles. The molecule has 0 aliphatic carbocycles. The molecule has 0 aliphatic rings. The largest absolute Gasteiger partial charge is 0.350 e. The third-order valence-electron chi connectivity index (χ3n) is 4.51. The fourth-order valence-electron chi connectivity index (χ4n) is 3.19. The van der Waals surface area contributed by atoms with E-state index >= 15 is 0 Å². The number of nitrogens with one attached hydrogen (secondary N) is 2. The molecule has 0 bridgehead atoms. The standard InChI is InChI=1S/C22H28F2N2O.C3H8.C2H6.CH3F/c1-2-25-15-9-8-14-20(22(27)26-16-21(23)24)19-13-7-6-12-18(19)17-10-4-3-5-11-17;1-3-2;2*1-2/h3-7,10-13,20-21,25H,2,8-9,14-16H2,1H3,(H,26,27);3H2,1-2H3;1-2H3;1H3. The van der Waals surface area contributed by atoms with Crippen LogP contribution in [0.2, 0.25) is 0 Å². The van der Waals surface area contributed by atoms with Crippen molar-refractivity contribution in [3.63, 3.8) is 0 Å². The number of halogens is 3. The maximum absolute atomic E-state index is 12.7. The summed E-state index contributed by atoms with van der Waals surface area (Å²) in [5.74, 6) is -0.774. The van der Waals surface area contributed by atoms with Crippen molar-refractivity contribution in [1.82, 2.24) is 10.6 Å². The molecule has 0 spiro atoms. The number of hydrogen-bond acceptors (Lipinski definition) is 2. The monoisotopic (exact) mass is 482 g/mol. The molecule has 3 nitrogen and oxygen atoms in total. The fourth-order valence-corrected chi connectivity index (χ4v) is 3.19. The van der Waals surface area contributed by atoms with Gasteiger partial charge in [-0.15, -0.1) is 0 Å². The maximum atomic E-state index is 12.7. The third-order valence-corrected chi connectivity index (χ3v) is 4.51. The van der Waals surface area contributed by atoms with E-state index in [9.17, 15) is 18.0 Å². The number of hydrogen-bond donors (Lipinski definition) is 2. The van der Waals surface area contributed by atoms with Crippen molar-refractivity contribution in [2.75, 3.05) is 26.8 Å². The molecule has 194 valence electrons. The molecule has 2 N–H and O–H groups in total. The van der Waals surface area contributed by atoms with Crippen LogP contribution in [0.5, 0.6) is 0 Å². The van der Waals surface area contributed by atoms with E-state index in [4.69, 9.17) is 0 Å². The summed E-state index contributed by atoms with van der Waals surface area (Å²) in [4.78, 5) is 12.7. The number of amides is 1. The second-order valence-electron chi connectivity index (χ2n) is 7.20. The summed E-state index contributed by atoms with van der Waals surface area (Å²) in [7, 11) is 0.500. The van der Waals surface area contributed by atoms with Crippen molar-refractivity contribution in [3.05, 3.63) is 60.2 Å². The second kappa shape index (κ2) is 23.8. The van der Waals surface area contributed by atoms with Crippen LogP contribution in [0.1, 0.15) is 71.8 Å². The van der Waals surface area contributed by atoms with Gasteiger partial charge in [0.25, 0.3) is 6.43 Å². The Kier molecular flexibility index (Phi) is 23.7. The Balaban J connectivity index is 0. The van der Waals surface area contributed by atoms with Gasteiger partial charge in [-0.1, -0.05) is 102 Å². The summed E-state index contributed by atoms with van der Waals surface area (Å²) >= 11 is 0. The summed E-state index contributed by atoms with van der Waals surface area (Å²) in [6.45, 7) is 11.5. The minimum Gasteiger partial charge on any atom is -0.350 e. The molecule has 0 heterocycles. The number of benzene rings is 2. The zero-order chi connectivity index (χ0) is 26.2. The maximum Gasteiger partial charge on any atom is 0.255 e. The van der Waals surface area contributed by atoms with E-state index in [1.807, 2.05) is 68.4 Å². The molecule has 2 aromatic carbocycles. The summed E-state index contributed by atoms with van der Waals surface area (Å²) in [5.41, 5.74) is 2.88. The molecular weight excluding hydrogens is 437 g/mol. The zero-order valence-corrected chi connectivity index (χ0v) is 21.8. The fraction of sp³-hybridized carbons (Fsp3) is 0.536. The zero-order valence-electron chi connectivity index (χ0n) is 21.8. The van der Waals surface area contributed by atoms with Gasteiger partial charge in [0.2, 0.25) is 5.91 Å². The minimum atomic E-state index is -2.55. The van der Waals surface area contributed by atoms with E-state index in [2.05, 4.69) is 31.4 Å². The molecule has 0 saturated carbocycles. The van der Waals surface area contributed by atoms with Gasteiger partial charge in [-0.2, -0.15) is 0 Å². The van der Waals surface area contributed by atoms with Gasteiger partial charge in [-0.25, -0.2) is 8.78 Å². The molecule has 0 radical (unpaired) electrons. The molecule has 0 aromatic heterocycles. The highest BCUT2D eigenvalue weighted by molar-refractivity contribution is 5.86. The second-order valence-corrected chi connectivity index (χ2v) is 7.20. The Labute approximate surface area is 205 Å². The average Bonchev–Trinajstić information content (AvgIpc) is 2.88. The summed E-state index contributed by atoms with van der Waals surface area (Å²) in [6, 6.07) is 17.6. The van der Waals surface area contributed by atoms with Crippen molar-refractivity contribution in [2.24, 2.45) is 0 Å². The van der Waals surface area contributed by atoms with Gasteiger partial charge in [-0.3, -0.25) is 9.18 Å². The first-order valence-electron chi connectivity index (χ1n) is 12.3. The molecule has 0 fully saturated rings. The number of carbonyl (C=O) groups excluding carboxylic acids is 1. The van der Waals surface area contributed by atoms with Crippen molar-refractivity contribution < 1.29 is 18.0 Å². The van der Waals surface area contributed by atoms with Crippen LogP contribution in [-0.2, 0) is 4.79 Å². The lowest BCUT2D eigenvalue weighted by atomic mass is 9.86. The van der Waals surface area contributed by atoms with E-state index in [1.165, 1.54) is 6.42 Å². The smallest absolute Gasteiger partial charge is 0.255 e. The molecule has 34 heavy (non-hydrogen) atoms. The first-order valence-corrected chi connectivity index (χ1v) is 12.3. The van der Waals surface area contributed by atoms with E-state index in [1.54, 1.807) is 0 Å². The molecule has 1 unspecified atom stereocenters. The number of unbranched alkanes of at least 4 members (excludes halogenated alkanes) is 1. The summed E-state index contributed by atoms with van der Waals surface area (Å²) in [5, 5.41) is 5.68. The van der Waals surface area contributed by atoms with Crippen LogP contribution in [-0.4, -0.2) is 39.1 Å². The lowest BCUT2D eigenvalue weighted by Gasteiger charge is -2.20. The molecule has 2 rings (SSSR count). The van der Waals surface area contributed by atoms with Gasteiger partial charge in [0.1, 0.15) is 0 Å². The van der Waals surface area contributed by atoms with Gasteiger partial charge < -0.3 is 10.6 Å². The van der Waals surface area contributed by atoms with Crippen LogP contribution in [0, 0.1) is 0 Å². The van der Waals surface area contributed by atoms with Crippen molar-refractivity contribution >= 4 is 5.91 Å². The molecular formula is C28H45F3N2O. The molecule has 0 aliphatic heterocycles. The molecule has 2 aromatic rings. The first kappa shape index (κ1) is 33.8. The quantitative estimate of drug-likeness (QED) is 0.323. The molecule has 1 atom stereocenters. The van der Waals surface area contributed by atoms with Gasteiger partial charge in [0.05, 0.1) is 19.6 Å². The van der Waals surface area contributed by atoms with Gasteiger partial charge >= 0.3 is 0 Å². The molecule has 1 amide bonds. The highest BCUT2D eigenvalue weighted by atomic mass is 19.3. The summed E-state index contributed by atoms with van der Waals surface area (Å²) < 4.78 is 34.6. The van der Waals surface area contributed by atoms with Crippen LogP contribution in [0.4, 0.5) is 13.2 Å². The number of carbonyl (C=O) groups is 1. The van der Waals surface area contributed by atoms with Crippen molar-refractivity contribution in [1.29, 1.82) is 0 Å². The van der Waals surface area contributed by atoms with Crippen molar-refractivity contribution in [3.8, 4) is 11.1 Å². The minimum absolute atomic E-state index is 0.331. The number of rotatable bonds is 11. The Hall–Kier alpha value is -2.34. The predicted octanol–water partition coefficient (Wildman–Crippen LogP) is 7.63. The Morgan fingerprint density at radius 1 is 0.882 bits per heavy atom. The lowest BCUT2D eigenvalue weighted by Crippen LogP contribution is -2.33. The highest BCUT2D eigenvalue weighted by Crippen LogP contribution is 2.32. The SMILES string of the molecule is CC.CCC.CCNCCCCC(C(=O)NCC(F)F)c1ccccc1-c1ccccc1.CF. The van der Waals surface area contributed by atoms with Gasteiger partial charge in [-0.05, 0) is 42.6 Å². The van der Waals surface area contributed by atoms with Crippen LogP contribution in [0.3, 0.4) is 0 Å². The van der Waals surface area contributed by atoms with Crippen LogP contribution < -0.4 is 10.6 Å². The first-order chi connectivity index (χ1) is 16.5. The van der Waals surface area contributed by atoms with E-state index in [0.717, 1.165) is 42.6 Å². The van der Waals surface area contributed by atoms with Crippen LogP contribution in [0.25, 0.3) is 11.1 Å². The topological polar surface area (TPSA) is 41.1 Å². The lowest BCUT2D eigenvalue weighted by molar-refractivity contribution is -0.123. The van der Waals surface area contributed by atoms with Gasteiger partial charge in [0.15, 0.2) is 0 Å². The van der Waals surface area contributed by atoms with Crippen molar-refractivity contribution in [2.45, 2.75) is 72.6 Å². The van der Waals surface area contributed by atoms with Crippen LogP contribution in [0.15, 0.2) is 54.6 Å². The number of alkyl halides is 3. The Bertz CT molecular complexity index is 712. The van der Waals surface area contributed by atoms with E-state index in [-0.39, 0.29) is 5.91 Å². The van der Waals surface area contributed by atoms with Gasteiger partial charge in [0, 0.05) is 0 Å². The average molecular weight is 483 g/mol. The highest BCUT2D eigenvalue weighted by Gasteiger charge is 2.23.